The van der Waals surface area contributed by atoms with Crippen LogP contribution in [0.2, 0.25) is 0 Å². The van der Waals surface area contributed by atoms with Gasteiger partial charge >= 0.3 is 5.97 Å². The Hall–Kier alpha value is -2.96. The van der Waals surface area contributed by atoms with E-state index in [-0.39, 0.29) is 17.6 Å². The fourth-order valence-corrected chi connectivity index (χ4v) is 2.92. The van der Waals surface area contributed by atoms with Crippen LogP contribution < -0.4 is 10.2 Å². The van der Waals surface area contributed by atoms with Crippen molar-refractivity contribution in [3.05, 3.63) is 41.2 Å². The van der Waals surface area contributed by atoms with Crippen LogP contribution in [0.1, 0.15) is 39.3 Å². The van der Waals surface area contributed by atoms with Gasteiger partial charge in [0.05, 0.1) is 18.4 Å². The van der Waals surface area contributed by atoms with Crippen molar-refractivity contribution in [1.29, 1.82) is 0 Å². The summed E-state index contributed by atoms with van der Waals surface area (Å²) in [5, 5.41) is 2.91. The van der Waals surface area contributed by atoms with Crippen molar-refractivity contribution in [2.45, 2.75) is 25.8 Å². The second kappa shape index (κ2) is 5.30. The van der Waals surface area contributed by atoms with E-state index < -0.39 is 5.97 Å². The Balaban J connectivity index is 1.97. The van der Waals surface area contributed by atoms with Crippen LogP contribution in [0.5, 0.6) is 0 Å². The minimum atomic E-state index is -0.506. The minimum Gasteiger partial charge on any atom is -0.464 e. The van der Waals surface area contributed by atoms with Crippen LogP contribution in [-0.4, -0.2) is 35.0 Å². The summed E-state index contributed by atoms with van der Waals surface area (Å²) in [7, 11) is 1.32. The molecular formula is C17H16N4O3. The highest BCUT2D eigenvalue weighted by Gasteiger charge is 2.38. The fraction of sp³-hybridized carbons (Fsp3) is 0.294. The molecule has 0 spiro atoms. The molecule has 0 saturated heterocycles. The summed E-state index contributed by atoms with van der Waals surface area (Å²) < 4.78 is 4.79. The first-order valence-corrected chi connectivity index (χ1v) is 7.75. The lowest BCUT2D eigenvalue weighted by atomic mass is 10.2. The highest BCUT2D eigenvalue weighted by Crippen LogP contribution is 2.44. The number of pyridine rings is 2. The Kier molecular flexibility index (Phi) is 3.23. The molecule has 24 heavy (non-hydrogen) atoms. The lowest BCUT2D eigenvalue weighted by Crippen LogP contribution is -2.23. The number of ether oxygens (including phenoxy) is 1. The Morgan fingerprint density at radius 3 is 2.88 bits per heavy atom. The van der Waals surface area contributed by atoms with E-state index in [0.717, 1.165) is 18.4 Å². The molecule has 7 nitrogen and oxygen atoms in total. The van der Waals surface area contributed by atoms with Gasteiger partial charge in [-0.2, -0.15) is 0 Å². The number of carbonyl (C=O) groups excluding carboxylic acids is 2. The molecule has 3 heterocycles. The zero-order valence-corrected chi connectivity index (χ0v) is 13.4. The van der Waals surface area contributed by atoms with Crippen molar-refractivity contribution in [1.82, 2.24) is 9.97 Å². The summed E-state index contributed by atoms with van der Waals surface area (Å²) in [4.78, 5) is 35.4. The van der Waals surface area contributed by atoms with Crippen LogP contribution in [0.25, 0.3) is 0 Å². The van der Waals surface area contributed by atoms with E-state index in [2.05, 4.69) is 15.3 Å². The summed E-state index contributed by atoms with van der Waals surface area (Å²) >= 11 is 0. The molecule has 1 fully saturated rings. The number of nitrogens with zero attached hydrogens (tertiary/aromatic N) is 3. The number of fused-ring (bicyclic) bond motifs is 2. The third-order valence-corrected chi connectivity index (χ3v) is 4.23. The lowest BCUT2D eigenvalue weighted by Gasteiger charge is -2.24. The summed E-state index contributed by atoms with van der Waals surface area (Å²) in [5.41, 5.74) is 2.08. The van der Waals surface area contributed by atoms with Gasteiger partial charge in [-0.05, 0) is 43.5 Å². The van der Waals surface area contributed by atoms with Crippen LogP contribution in [0.15, 0.2) is 24.4 Å². The van der Waals surface area contributed by atoms with Crippen LogP contribution >= 0.6 is 0 Å². The maximum atomic E-state index is 12.6. The number of esters is 1. The lowest BCUT2D eigenvalue weighted by molar-refractivity contribution is 0.0594. The van der Waals surface area contributed by atoms with Gasteiger partial charge in [0.15, 0.2) is 11.5 Å². The topological polar surface area (TPSA) is 84.4 Å². The van der Waals surface area contributed by atoms with Gasteiger partial charge in [0.2, 0.25) is 0 Å². The molecule has 1 aliphatic carbocycles. The standard InChI is InChI=1S/C17H16N4O3/c1-9-8-12(17(23)24-2)19-15-13(9)20-16(22)11-4-3-7-18-14(11)21(15)10-5-6-10/h3-4,7-8,10H,5-6H2,1-2H3,(H,20,22). The van der Waals surface area contributed by atoms with E-state index in [0.29, 0.717) is 22.9 Å². The SMILES string of the molecule is COC(=O)c1cc(C)c2c(n1)N(C1CC1)c1ncccc1C(=O)N2. The van der Waals surface area contributed by atoms with Crippen molar-refractivity contribution in [2.75, 3.05) is 17.3 Å². The smallest absolute Gasteiger partial charge is 0.356 e. The number of rotatable bonds is 2. The molecule has 1 amide bonds. The monoisotopic (exact) mass is 324 g/mol. The second-order valence-electron chi connectivity index (χ2n) is 5.94. The highest BCUT2D eigenvalue weighted by atomic mass is 16.5. The Bertz CT molecular complexity index is 861. The number of aryl methyl sites for hydroxylation is 1. The van der Waals surface area contributed by atoms with E-state index in [1.165, 1.54) is 7.11 Å². The van der Waals surface area contributed by atoms with Gasteiger partial charge in [0.1, 0.15) is 5.82 Å². The molecule has 1 saturated carbocycles. The molecule has 1 aliphatic heterocycles. The van der Waals surface area contributed by atoms with Crippen molar-refractivity contribution < 1.29 is 14.3 Å². The zero-order chi connectivity index (χ0) is 16.8. The third-order valence-electron chi connectivity index (χ3n) is 4.23. The summed E-state index contributed by atoms with van der Waals surface area (Å²) in [6.07, 6.45) is 3.64. The van der Waals surface area contributed by atoms with Gasteiger partial charge < -0.3 is 15.0 Å². The van der Waals surface area contributed by atoms with Gasteiger partial charge in [-0.3, -0.25) is 4.79 Å². The van der Waals surface area contributed by atoms with Gasteiger partial charge in [0.25, 0.3) is 5.91 Å². The predicted octanol–water partition coefficient (Wildman–Crippen LogP) is 2.44. The maximum Gasteiger partial charge on any atom is 0.356 e. The molecule has 1 N–H and O–H groups in total. The Labute approximate surface area is 138 Å². The second-order valence-corrected chi connectivity index (χ2v) is 5.94. The molecule has 0 unspecified atom stereocenters. The van der Waals surface area contributed by atoms with Crippen molar-refractivity contribution >= 4 is 29.2 Å². The molecule has 2 aromatic rings. The number of hydrogen-bond acceptors (Lipinski definition) is 6. The van der Waals surface area contributed by atoms with Gasteiger partial charge in [0, 0.05) is 12.2 Å². The quantitative estimate of drug-likeness (QED) is 0.854. The fourth-order valence-electron chi connectivity index (χ4n) is 2.92. The molecule has 0 atom stereocenters. The summed E-state index contributed by atoms with van der Waals surface area (Å²) in [6.45, 7) is 1.84. The molecule has 2 aromatic heterocycles. The number of amides is 1. The predicted molar refractivity (Wildman–Crippen MR) is 87.7 cm³/mol. The first-order valence-electron chi connectivity index (χ1n) is 7.75. The number of hydrogen-bond donors (Lipinski definition) is 1. The maximum absolute atomic E-state index is 12.6. The van der Waals surface area contributed by atoms with Crippen molar-refractivity contribution in [3.63, 3.8) is 0 Å². The summed E-state index contributed by atoms with van der Waals surface area (Å²) in [5.74, 6) is 0.389. The van der Waals surface area contributed by atoms with Crippen LogP contribution in [0, 0.1) is 6.92 Å². The highest BCUT2D eigenvalue weighted by molar-refractivity contribution is 6.12. The molecule has 0 radical (unpaired) electrons. The third kappa shape index (κ3) is 2.20. The number of anilines is 3. The first kappa shape index (κ1) is 14.6. The van der Waals surface area contributed by atoms with Gasteiger partial charge in [-0.25, -0.2) is 14.8 Å². The Morgan fingerprint density at radius 2 is 2.17 bits per heavy atom. The first-order chi connectivity index (χ1) is 11.6. The molecule has 0 bridgehead atoms. The number of nitrogens with one attached hydrogen (secondary N) is 1. The largest absolute Gasteiger partial charge is 0.464 e. The van der Waals surface area contributed by atoms with Gasteiger partial charge in [-0.1, -0.05) is 0 Å². The van der Waals surface area contributed by atoms with Crippen LogP contribution in [0.3, 0.4) is 0 Å². The molecule has 0 aromatic carbocycles. The molecular weight excluding hydrogens is 308 g/mol. The normalized spacial score (nSPS) is 15.9. The molecule has 4 rings (SSSR count). The molecule has 122 valence electrons. The number of aromatic nitrogens is 2. The van der Waals surface area contributed by atoms with Crippen LogP contribution in [0.4, 0.5) is 17.3 Å². The minimum absolute atomic E-state index is 0.216. The zero-order valence-electron chi connectivity index (χ0n) is 13.4. The summed E-state index contributed by atoms with van der Waals surface area (Å²) in [6, 6.07) is 5.33. The van der Waals surface area contributed by atoms with E-state index in [4.69, 9.17) is 4.74 Å². The number of carbonyl (C=O) groups is 2. The van der Waals surface area contributed by atoms with Crippen molar-refractivity contribution in [3.8, 4) is 0 Å². The van der Waals surface area contributed by atoms with Gasteiger partial charge in [-0.15, -0.1) is 0 Å². The van der Waals surface area contributed by atoms with E-state index >= 15 is 0 Å². The van der Waals surface area contributed by atoms with Crippen LogP contribution in [-0.2, 0) is 4.74 Å². The molecule has 7 heteroatoms. The number of methoxy groups -OCH3 is 1. The van der Waals surface area contributed by atoms with Crippen molar-refractivity contribution in [2.24, 2.45) is 0 Å². The van der Waals surface area contributed by atoms with E-state index in [9.17, 15) is 9.59 Å². The average molecular weight is 324 g/mol. The molecule has 2 aliphatic rings. The Morgan fingerprint density at radius 1 is 1.38 bits per heavy atom. The average Bonchev–Trinajstić information content (AvgIpc) is 3.42. The van der Waals surface area contributed by atoms with E-state index in [1.54, 1.807) is 24.4 Å². The van der Waals surface area contributed by atoms with E-state index in [1.807, 2.05) is 11.8 Å².